The lowest BCUT2D eigenvalue weighted by molar-refractivity contribution is 0.705. The van der Waals surface area contributed by atoms with Crippen LogP contribution in [-0.2, 0) is 0 Å². The Balaban J connectivity index is 2.06. The summed E-state index contributed by atoms with van der Waals surface area (Å²) in [5.74, 6) is 2.74. The molecule has 1 fully saturated rings. The molecular weight excluding hydrogens is 287 g/mol. The maximum absolute atomic E-state index is 2.47. The molecule has 1 heterocycles. The van der Waals surface area contributed by atoms with Crippen LogP contribution in [-0.4, -0.2) is 15.6 Å². The molecule has 0 radical (unpaired) electrons. The van der Waals surface area contributed by atoms with E-state index in [4.69, 9.17) is 0 Å². The highest BCUT2D eigenvalue weighted by Crippen LogP contribution is 2.52. The first-order chi connectivity index (χ1) is 5.31. The molecule has 0 unspecified atom stereocenters. The highest BCUT2D eigenvalue weighted by atomic mass is 127. The minimum Gasteiger partial charge on any atom is -0.143 e. The molecule has 1 aliphatic carbocycles. The molecule has 0 aromatic rings. The highest BCUT2D eigenvalue weighted by molar-refractivity contribution is 14.1. The van der Waals surface area contributed by atoms with Crippen LogP contribution in [0.1, 0.15) is 19.3 Å². The van der Waals surface area contributed by atoms with E-state index < -0.39 is 0 Å². The Morgan fingerprint density at radius 1 is 1.36 bits per heavy atom. The van der Waals surface area contributed by atoms with Crippen LogP contribution in [0, 0.1) is 0 Å². The average molecular weight is 298 g/mol. The van der Waals surface area contributed by atoms with Crippen LogP contribution in [0.3, 0.4) is 0 Å². The van der Waals surface area contributed by atoms with Gasteiger partial charge in [-0.25, -0.2) is 0 Å². The normalized spacial score (nSPS) is 29.0. The fourth-order valence-electron chi connectivity index (χ4n) is 1.54. The van der Waals surface area contributed by atoms with E-state index in [1.165, 1.54) is 30.8 Å². The van der Waals surface area contributed by atoms with Gasteiger partial charge in [0.1, 0.15) is 0 Å². The Bertz CT molecular complexity index is 183. The standard InChI is InChI=1S/C8H11IS2/c9-7-1-3-8(4-2-7)10-5-6-11-8/h1H,2-6H2. The van der Waals surface area contributed by atoms with Crippen molar-refractivity contribution in [2.75, 3.05) is 11.5 Å². The molecule has 2 aliphatic rings. The second-order valence-electron chi connectivity index (χ2n) is 2.96. The lowest BCUT2D eigenvalue weighted by atomic mass is 10.1. The maximum Gasteiger partial charge on any atom is 0.0649 e. The van der Waals surface area contributed by atoms with Gasteiger partial charge < -0.3 is 0 Å². The number of hydrogen-bond acceptors (Lipinski definition) is 2. The van der Waals surface area contributed by atoms with Gasteiger partial charge in [0.25, 0.3) is 0 Å². The van der Waals surface area contributed by atoms with Gasteiger partial charge in [-0.2, -0.15) is 0 Å². The molecule has 1 aliphatic heterocycles. The molecule has 0 nitrogen and oxygen atoms in total. The van der Waals surface area contributed by atoms with Gasteiger partial charge in [0, 0.05) is 11.5 Å². The molecule has 0 saturated carbocycles. The van der Waals surface area contributed by atoms with Gasteiger partial charge >= 0.3 is 0 Å². The first-order valence-corrected chi connectivity index (χ1v) is 6.98. The second-order valence-corrected chi connectivity index (χ2v) is 7.56. The maximum atomic E-state index is 2.47. The summed E-state index contributed by atoms with van der Waals surface area (Å²) in [6.07, 6.45) is 6.45. The first-order valence-electron chi connectivity index (χ1n) is 3.93. The molecule has 62 valence electrons. The summed E-state index contributed by atoms with van der Waals surface area (Å²) in [6.45, 7) is 0. The van der Waals surface area contributed by atoms with Crippen molar-refractivity contribution in [1.29, 1.82) is 0 Å². The third kappa shape index (κ3) is 1.91. The van der Waals surface area contributed by atoms with Crippen molar-refractivity contribution in [3.63, 3.8) is 0 Å². The van der Waals surface area contributed by atoms with Gasteiger partial charge in [0.05, 0.1) is 4.08 Å². The van der Waals surface area contributed by atoms with Crippen molar-refractivity contribution in [3.05, 3.63) is 9.66 Å². The minimum atomic E-state index is 0.606. The summed E-state index contributed by atoms with van der Waals surface area (Å²) in [7, 11) is 0. The van der Waals surface area contributed by atoms with Gasteiger partial charge in [-0.3, -0.25) is 0 Å². The molecule has 0 N–H and O–H groups in total. The number of halogens is 1. The van der Waals surface area contributed by atoms with Crippen molar-refractivity contribution >= 4 is 46.1 Å². The van der Waals surface area contributed by atoms with Gasteiger partial charge in [-0.1, -0.05) is 6.08 Å². The van der Waals surface area contributed by atoms with Gasteiger partial charge in [0.2, 0.25) is 0 Å². The molecule has 3 heteroatoms. The van der Waals surface area contributed by atoms with E-state index in [0.717, 1.165) is 0 Å². The lowest BCUT2D eigenvalue weighted by Crippen LogP contribution is -2.18. The predicted molar refractivity (Wildman–Crippen MR) is 63.6 cm³/mol. The van der Waals surface area contributed by atoms with E-state index in [0.29, 0.717) is 4.08 Å². The molecule has 0 bridgehead atoms. The van der Waals surface area contributed by atoms with E-state index in [1.807, 2.05) is 0 Å². The molecule has 0 aromatic carbocycles. The topological polar surface area (TPSA) is 0 Å². The highest BCUT2D eigenvalue weighted by Gasteiger charge is 2.35. The lowest BCUT2D eigenvalue weighted by Gasteiger charge is -2.29. The quantitative estimate of drug-likeness (QED) is 0.626. The van der Waals surface area contributed by atoms with Gasteiger partial charge in [-0.15, -0.1) is 23.5 Å². The zero-order valence-electron chi connectivity index (χ0n) is 6.31. The minimum absolute atomic E-state index is 0.606. The molecule has 2 rings (SSSR count). The molecule has 0 atom stereocenters. The number of allylic oxidation sites excluding steroid dienone is 2. The zero-order valence-corrected chi connectivity index (χ0v) is 10.1. The van der Waals surface area contributed by atoms with Crippen LogP contribution in [0.25, 0.3) is 0 Å². The fraction of sp³-hybridized carbons (Fsp3) is 0.750. The van der Waals surface area contributed by atoms with E-state index >= 15 is 0 Å². The van der Waals surface area contributed by atoms with Crippen molar-refractivity contribution in [2.24, 2.45) is 0 Å². The Hall–Kier alpha value is 1.17. The number of rotatable bonds is 0. The number of thioether (sulfide) groups is 2. The predicted octanol–water partition coefficient (Wildman–Crippen LogP) is 3.67. The molecular formula is C8H11IS2. The average Bonchev–Trinajstić information content (AvgIpc) is 2.45. The molecule has 11 heavy (non-hydrogen) atoms. The third-order valence-electron chi connectivity index (χ3n) is 2.19. The number of hydrogen-bond donors (Lipinski definition) is 0. The fourth-order valence-corrected chi connectivity index (χ4v) is 5.17. The Labute approximate surface area is 90.1 Å². The Morgan fingerprint density at radius 3 is 2.64 bits per heavy atom. The van der Waals surface area contributed by atoms with Gasteiger partial charge in [0.15, 0.2) is 0 Å². The summed E-state index contributed by atoms with van der Waals surface area (Å²) in [5.41, 5.74) is 0. The zero-order chi connectivity index (χ0) is 7.73. The summed E-state index contributed by atoms with van der Waals surface area (Å²) in [5, 5.41) is 0. The van der Waals surface area contributed by atoms with Crippen molar-refractivity contribution in [3.8, 4) is 0 Å². The van der Waals surface area contributed by atoms with E-state index in [1.54, 1.807) is 3.58 Å². The second kappa shape index (κ2) is 3.50. The summed E-state index contributed by atoms with van der Waals surface area (Å²) in [4.78, 5) is 0. The van der Waals surface area contributed by atoms with Crippen LogP contribution < -0.4 is 0 Å². The molecule has 1 saturated heterocycles. The SMILES string of the molecule is IC1=CCC2(CC1)SCCS2. The summed E-state index contributed by atoms with van der Waals surface area (Å²) in [6, 6.07) is 0. The van der Waals surface area contributed by atoms with Crippen LogP contribution in [0.15, 0.2) is 9.66 Å². The Morgan fingerprint density at radius 2 is 2.09 bits per heavy atom. The molecule has 0 aromatic heterocycles. The summed E-state index contributed by atoms with van der Waals surface area (Å²) < 4.78 is 2.18. The Kier molecular flexibility index (Phi) is 2.78. The van der Waals surface area contributed by atoms with Gasteiger partial charge in [-0.05, 0) is 45.4 Å². The van der Waals surface area contributed by atoms with Crippen LogP contribution in [0.5, 0.6) is 0 Å². The van der Waals surface area contributed by atoms with E-state index in [2.05, 4.69) is 52.2 Å². The smallest absolute Gasteiger partial charge is 0.0649 e. The molecule has 1 spiro atoms. The van der Waals surface area contributed by atoms with Crippen molar-refractivity contribution in [2.45, 2.75) is 23.3 Å². The van der Waals surface area contributed by atoms with Crippen molar-refractivity contribution in [1.82, 2.24) is 0 Å². The summed E-state index contributed by atoms with van der Waals surface area (Å²) >= 11 is 6.83. The monoisotopic (exact) mass is 298 g/mol. The van der Waals surface area contributed by atoms with E-state index in [-0.39, 0.29) is 0 Å². The van der Waals surface area contributed by atoms with Crippen molar-refractivity contribution < 1.29 is 0 Å². The third-order valence-corrected chi connectivity index (χ3v) is 6.75. The molecule has 0 amide bonds. The largest absolute Gasteiger partial charge is 0.143 e. The van der Waals surface area contributed by atoms with Crippen LogP contribution >= 0.6 is 46.1 Å². The van der Waals surface area contributed by atoms with Crippen LogP contribution in [0.4, 0.5) is 0 Å². The van der Waals surface area contributed by atoms with Crippen LogP contribution in [0.2, 0.25) is 0 Å². The first kappa shape index (κ1) is 8.75. The van der Waals surface area contributed by atoms with E-state index in [9.17, 15) is 0 Å².